The van der Waals surface area contributed by atoms with E-state index in [2.05, 4.69) is 49.9 Å². The maximum absolute atomic E-state index is 5.03. The molecule has 19 heavy (non-hydrogen) atoms. The number of rotatable bonds is 5. The van der Waals surface area contributed by atoms with E-state index in [4.69, 9.17) is 4.42 Å². The fourth-order valence-electron chi connectivity index (χ4n) is 1.52. The first-order valence-electron chi connectivity index (χ1n) is 6.04. The van der Waals surface area contributed by atoms with Gasteiger partial charge in [-0.15, -0.1) is 11.3 Å². The van der Waals surface area contributed by atoms with Crippen molar-refractivity contribution in [1.82, 2.24) is 10.6 Å². The van der Waals surface area contributed by atoms with Gasteiger partial charge in [-0.3, -0.25) is 0 Å². The van der Waals surface area contributed by atoms with Gasteiger partial charge in [-0.2, -0.15) is 0 Å². The Hall–Kier alpha value is -1.27. The number of hydrogen-bond donors (Lipinski definition) is 2. The van der Waals surface area contributed by atoms with Gasteiger partial charge in [-0.05, 0) is 45.9 Å². The molecule has 0 radical (unpaired) electrons. The highest BCUT2D eigenvalue weighted by atomic mass is 79.9. The molecule has 2 aromatic rings. The number of furan rings is 1. The molecular weight excluding hydrogens is 326 g/mol. The molecule has 0 saturated heterocycles. The van der Waals surface area contributed by atoms with Crippen molar-refractivity contribution in [3.63, 3.8) is 0 Å². The van der Waals surface area contributed by atoms with E-state index in [0.29, 0.717) is 13.1 Å². The van der Waals surface area contributed by atoms with Crippen molar-refractivity contribution in [2.24, 2.45) is 4.99 Å². The largest absolute Gasteiger partial charge is 0.472 e. The molecule has 0 bridgehead atoms. The van der Waals surface area contributed by atoms with Crippen LogP contribution in [0.5, 0.6) is 0 Å². The van der Waals surface area contributed by atoms with Crippen molar-refractivity contribution in [1.29, 1.82) is 0 Å². The number of thiophene rings is 1. The minimum absolute atomic E-state index is 0.669. The van der Waals surface area contributed by atoms with Gasteiger partial charge in [0.25, 0.3) is 0 Å². The molecule has 2 rings (SSSR count). The number of nitrogens with zero attached hydrogens (tertiary/aromatic N) is 1. The summed E-state index contributed by atoms with van der Waals surface area (Å²) in [6.45, 7) is 4.26. The highest BCUT2D eigenvalue weighted by molar-refractivity contribution is 9.11. The van der Waals surface area contributed by atoms with E-state index in [1.165, 1.54) is 5.56 Å². The average Bonchev–Trinajstić information content (AvgIpc) is 3.04. The fraction of sp³-hybridized carbons (Fsp3) is 0.308. The molecule has 0 fully saturated rings. The Morgan fingerprint density at radius 1 is 1.42 bits per heavy atom. The first kappa shape index (κ1) is 14.1. The summed E-state index contributed by atoms with van der Waals surface area (Å²) < 4.78 is 6.17. The number of aliphatic imine (C=N–C) groups is 1. The minimum Gasteiger partial charge on any atom is -0.472 e. The Bertz CT molecular complexity index is 522. The van der Waals surface area contributed by atoms with Crippen LogP contribution in [0.3, 0.4) is 0 Å². The molecule has 0 aromatic carbocycles. The van der Waals surface area contributed by atoms with Crippen LogP contribution in [0.4, 0.5) is 0 Å². The molecular formula is C13H16BrN3OS. The molecule has 0 saturated carbocycles. The van der Waals surface area contributed by atoms with Gasteiger partial charge in [0.2, 0.25) is 0 Å². The van der Waals surface area contributed by atoms with Crippen LogP contribution in [0.15, 0.2) is 43.2 Å². The zero-order valence-corrected chi connectivity index (χ0v) is 13.1. The summed E-state index contributed by atoms with van der Waals surface area (Å²) in [5.41, 5.74) is 2.31. The van der Waals surface area contributed by atoms with Crippen molar-refractivity contribution < 1.29 is 4.42 Å². The average molecular weight is 342 g/mol. The second-order valence-electron chi connectivity index (χ2n) is 3.94. The second-order valence-corrected chi connectivity index (χ2v) is 6.23. The van der Waals surface area contributed by atoms with Gasteiger partial charge in [0.05, 0.1) is 22.9 Å². The van der Waals surface area contributed by atoms with Gasteiger partial charge < -0.3 is 15.1 Å². The van der Waals surface area contributed by atoms with Crippen LogP contribution in [0.1, 0.15) is 18.1 Å². The molecule has 0 unspecified atom stereocenters. The first-order valence-corrected chi connectivity index (χ1v) is 7.71. The van der Waals surface area contributed by atoms with E-state index >= 15 is 0 Å². The van der Waals surface area contributed by atoms with Gasteiger partial charge in [0.1, 0.15) is 0 Å². The van der Waals surface area contributed by atoms with E-state index < -0.39 is 0 Å². The highest BCUT2D eigenvalue weighted by Gasteiger charge is 2.00. The summed E-state index contributed by atoms with van der Waals surface area (Å²) in [5.74, 6) is 0.811. The van der Waals surface area contributed by atoms with Crippen molar-refractivity contribution >= 4 is 33.2 Å². The zero-order chi connectivity index (χ0) is 13.5. The van der Waals surface area contributed by atoms with Gasteiger partial charge in [0, 0.05) is 18.7 Å². The predicted octanol–water partition coefficient (Wildman–Crippen LogP) is 3.36. The third kappa shape index (κ3) is 4.72. The summed E-state index contributed by atoms with van der Waals surface area (Å²) in [6.07, 6.45) is 3.40. The minimum atomic E-state index is 0.669. The Morgan fingerprint density at radius 3 is 2.95 bits per heavy atom. The molecule has 0 aliphatic carbocycles. The molecule has 0 amide bonds. The highest BCUT2D eigenvalue weighted by Crippen LogP contribution is 2.20. The second kappa shape index (κ2) is 7.35. The smallest absolute Gasteiger partial charge is 0.191 e. The quantitative estimate of drug-likeness (QED) is 0.647. The molecule has 0 spiro atoms. The zero-order valence-electron chi connectivity index (χ0n) is 10.6. The number of nitrogens with one attached hydrogen (secondary N) is 2. The third-order valence-corrected chi connectivity index (χ3v) is 3.98. The lowest BCUT2D eigenvalue weighted by molar-refractivity contribution is 0.563. The van der Waals surface area contributed by atoms with Gasteiger partial charge in [0.15, 0.2) is 5.96 Å². The van der Waals surface area contributed by atoms with Crippen LogP contribution in [0.25, 0.3) is 0 Å². The van der Waals surface area contributed by atoms with Crippen molar-refractivity contribution in [3.05, 3.63) is 45.0 Å². The summed E-state index contributed by atoms with van der Waals surface area (Å²) >= 11 is 5.13. The number of guanidine groups is 1. The van der Waals surface area contributed by atoms with Crippen LogP contribution in [-0.2, 0) is 13.1 Å². The molecule has 2 heterocycles. The molecule has 102 valence electrons. The summed E-state index contributed by atoms with van der Waals surface area (Å²) in [7, 11) is 0. The summed E-state index contributed by atoms with van der Waals surface area (Å²) in [5, 5.41) is 8.60. The Labute approximate surface area is 125 Å². The van der Waals surface area contributed by atoms with Gasteiger partial charge in [-0.25, -0.2) is 4.99 Å². The van der Waals surface area contributed by atoms with Crippen LogP contribution in [0.2, 0.25) is 0 Å². The lowest BCUT2D eigenvalue weighted by atomic mass is 10.3. The molecule has 6 heteroatoms. The SMILES string of the molecule is CCNC(=NCc1csc(Br)c1)NCc1ccoc1. The van der Waals surface area contributed by atoms with E-state index in [-0.39, 0.29) is 0 Å². The van der Waals surface area contributed by atoms with Crippen molar-refractivity contribution in [3.8, 4) is 0 Å². The van der Waals surface area contributed by atoms with E-state index in [0.717, 1.165) is 21.9 Å². The normalized spacial score (nSPS) is 11.6. The molecule has 0 aliphatic rings. The Morgan fingerprint density at radius 2 is 2.32 bits per heavy atom. The lowest BCUT2D eigenvalue weighted by Crippen LogP contribution is -2.36. The molecule has 2 aromatic heterocycles. The maximum atomic E-state index is 5.03. The number of hydrogen-bond acceptors (Lipinski definition) is 3. The molecule has 0 atom stereocenters. The van der Waals surface area contributed by atoms with Gasteiger partial charge in [-0.1, -0.05) is 0 Å². The fourth-order valence-corrected chi connectivity index (χ4v) is 2.72. The molecule has 0 aliphatic heterocycles. The van der Waals surface area contributed by atoms with E-state index in [9.17, 15) is 0 Å². The summed E-state index contributed by atoms with van der Waals surface area (Å²) in [4.78, 5) is 4.55. The van der Waals surface area contributed by atoms with Crippen LogP contribution >= 0.6 is 27.3 Å². The Kier molecular flexibility index (Phi) is 5.47. The van der Waals surface area contributed by atoms with Crippen LogP contribution in [0, 0.1) is 0 Å². The van der Waals surface area contributed by atoms with Crippen molar-refractivity contribution in [2.75, 3.05) is 6.54 Å². The van der Waals surface area contributed by atoms with Crippen LogP contribution < -0.4 is 10.6 Å². The number of halogens is 1. The van der Waals surface area contributed by atoms with Gasteiger partial charge >= 0.3 is 0 Å². The van der Waals surface area contributed by atoms with E-state index in [1.807, 2.05) is 6.07 Å². The standard InChI is InChI=1S/C13H16BrN3OS/c1-2-15-13(16-6-10-3-4-18-8-10)17-7-11-5-12(14)19-9-11/h3-5,8-9H,2,6-7H2,1H3,(H2,15,16,17). The topological polar surface area (TPSA) is 49.6 Å². The molecule has 2 N–H and O–H groups in total. The predicted molar refractivity (Wildman–Crippen MR) is 82.4 cm³/mol. The Balaban J connectivity index is 1.90. The van der Waals surface area contributed by atoms with E-state index in [1.54, 1.807) is 23.9 Å². The van der Waals surface area contributed by atoms with Crippen LogP contribution in [-0.4, -0.2) is 12.5 Å². The maximum Gasteiger partial charge on any atom is 0.191 e. The monoisotopic (exact) mass is 341 g/mol. The summed E-state index contributed by atoms with van der Waals surface area (Å²) in [6, 6.07) is 4.03. The van der Waals surface area contributed by atoms with Crippen molar-refractivity contribution in [2.45, 2.75) is 20.0 Å². The third-order valence-electron chi connectivity index (χ3n) is 2.43. The first-order chi connectivity index (χ1) is 9.28. The lowest BCUT2D eigenvalue weighted by Gasteiger charge is -2.09. The molecule has 4 nitrogen and oxygen atoms in total.